The quantitative estimate of drug-likeness (QED) is 0.612. The summed E-state index contributed by atoms with van der Waals surface area (Å²) in [6.45, 7) is 6.75. The molecule has 4 rings (SSSR count). The van der Waals surface area contributed by atoms with Crippen molar-refractivity contribution in [2.24, 2.45) is 5.92 Å². The molecule has 174 valence electrons. The number of ether oxygens (including phenoxy) is 3. The summed E-state index contributed by atoms with van der Waals surface area (Å²) in [5, 5.41) is 0.847. The van der Waals surface area contributed by atoms with Crippen LogP contribution in [0.4, 0.5) is 0 Å². The zero-order valence-electron chi connectivity index (χ0n) is 19.7. The molecule has 1 aliphatic rings. The van der Waals surface area contributed by atoms with Crippen molar-refractivity contribution in [3.8, 4) is 17.2 Å². The van der Waals surface area contributed by atoms with E-state index in [1.54, 1.807) is 14.2 Å². The lowest BCUT2D eigenvalue weighted by Gasteiger charge is -2.38. The fraction of sp³-hybridized carbons (Fsp3) is 0.385. The van der Waals surface area contributed by atoms with E-state index in [1.165, 1.54) is 0 Å². The summed E-state index contributed by atoms with van der Waals surface area (Å²) in [5.74, 6) is 1.73. The van der Waals surface area contributed by atoms with E-state index in [1.807, 2.05) is 62.1 Å². The number of benzene rings is 2. The van der Waals surface area contributed by atoms with E-state index in [0.29, 0.717) is 36.6 Å². The molecule has 1 unspecified atom stereocenters. The molecule has 7 nitrogen and oxygen atoms in total. The molecule has 1 N–H and O–H groups in total. The molecule has 1 aliphatic heterocycles. The van der Waals surface area contributed by atoms with Gasteiger partial charge in [0.2, 0.25) is 5.91 Å². The third kappa shape index (κ3) is 4.15. The number of hydrogen-bond acceptors (Lipinski definition) is 5. The first-order valence-corrected chi connectivity index (χ1v) is 11.2. The number of methoxy groups -OCH3 is 2. The Morgan fingerprint density at radius 3 is 2.48 bits per heavy atom. The van der Waals surface area contributed by atoms with E-state index in [0.717, 1.165) is 27.8 Å². The lowest BCUT2D eigenvalue weighted by atomic mass is 9.87. The number of nitrogens with one attached hydrogen (secondary N) is 1. The highest BCUT2D eigenvalue weighted by molar-refractivity contribution is 5.82. The number of pyridine rings is 1. The Kier molecular flexibility index (Phi) is 6.31. The number of carbonyl (C=O) groups is 1. The molecule has 0 saturated heterocycles. The van der Waals surface area contributed by atoms with Crippen LogP contribution in [0.25, 0.3) is 10.9 Å². The van der Waals surface area contributed by atoms with E-state index < -0.39 is 6.04 Å². The second-order valence-corrected chi connectivity index (χ2v) is 8.48. The number of hydrogen-bond donors (Lipinski definition) is 1. The minimum Gasteiger partial charge on any atom is -0.494 e. The van der Waals surface area contributed by atoms with Gasteiger partial charge in [-0.3, -0.25) is 9.59 Å². The molecule has 0 aliphatic carbocycles. The Morgan fingerprint density at radius 2 is 1.82 bits per heavy atom. The van der Waals surface area contributed by atoms with Gasteiger partial charge in [0, 0.05) is 28.9 Å². The molecule has 2 aromatic carbocycles. The topological polar surface area (TPSA) is 80.9 Å². The molecule has 0 fully saturated rings. The van der Waals surface area contributed by atoms with Crippen molar-refractivity contribution in [1.82, 2.24) is 9.88 Å². The number of amides is 1. The first kappa shape index (κ1) is 22.7. The lowest BCUT2D eigenvalue weighted by Crippen LogP contribution is -2.44. The molecule has 0 radical (unpaired) electrons. The SMILES string of the molecule is CCOc1ccc2[nH]c(=O)c(C3c4cc(OC)c(OC)cc4CCN3C(=O)C(C)C)cc2c1. The van der Waals surface area contributed by atoms with E-state index in [2.05, 4.69) is 4.98 Å². The molecule has 0 bridgehead atoms. The molecule has 1 atom stereocenters. The number of nitrogens with zero attached hydrogens (tertiary/aromatic N) is 1. The Morgan fingerprint density at radius 1 is 1.09 bits per heavy atom. The van der Waals surface area contributed by atoms with Crippen LogP contribution in [0.3, 0.4) is 0 Å². The van der Waals surface area contributed by atoms with Crippen molar-refractivity contribution in [3.63, 3.8) is 0 Å². The van der Waals surface area contributed by atoms with Crippen LogP contribution in [-0.2, 0) is 11.2 Å². The molecule has 1 amide bonds. The van der Waals surface area contributed by atoms with Crippen molar-refractivity contribution in [2.75, 3.05) is 27.4 Å². The summed E-state index contributed by atoms with van der Waals surface area (Å²) in [6.07, 6.45) is 0.671. The van der Waals surface area contributed by atoms with Crippen molar-refractivity contribution in [2.45, 2.75) is 33.2 Å². The summed E-state index contributed by atoms with van der Waals surface area (Å²) in [6, 6.07) is 10.7. The Labute approximate surface area is 193 Å². The van der Waals surface area contributed by atoms with Crippen LogP contribution in [0.2, 0.25) is 0 Å². The van der Waals surface area contributed by atoms with Gasteiger partial charge < -0.3 is 24.1 Å². The zero-order chi connectivity index (χ0) is 23.7. The van der Waals surface area contributed by atoms with Crippen LogP contribution in [0.5, 0.6) is 17.2 Å². The van der Waals surface area contributed by atoms with E-state index >= 15 is 0 Å². The fourth-order valence-corrected chi connectivity index (χ4v) is 4.51. The number of carbonyl (C=O) groups excluding carboxylic acids is 1. The molecule has 1 aromatic heterocycles. The third-order valence-electron chi connectivity index (χ3n) is 6.10. The number of aromatic amines is 1. The highest BCUT2D eigenvalue weighted by Gasteiger charge is 2.35. The number of H-pyrrole nitrogens is 1. The first-order valence-electron chi connectivity index (χ1n) is 11.2. The Bertz CT molecular complexity index is 1250. The van der Waals surface area contributed by atoms with Crippen molar-refractivity contribution < 1.29 is 19.0 Å². The minimum atomic E-state index is -0.535. The molecule has 3 aromatic rings. The van der Waals surface area contributed by atoms with Gasteiger partial charge in [0.05, 0.1) is 26.9 Å². The summed E-state index contributed by atoms with van der Waals surface area (Å²) >= 11 is 0. The number of rotatable bonds is 6. The summed E-state index contributed by atoms with van der Waals surface area (Å²) < 4.78 is 16.7. The summed E-state index contributed by atoms with van der Waals surface area (Å²) in [7, 11) is 3.18. The highest BCUT2D eigenvalue weighted by Crippen LogP contribution is 2.41. The molecule has 33 heavy (non-hydrogen) atoms. The van der Waals surface area contributed by atoms with Crippen LogP contribution in [-0.4, -0.2) is 43.2 Å². The van der Waals surface area contributed by atoms with E-state index in [-0.39, 0.29) is 17.4 Å². The van der Waals surface area contributed by atoms with Gasteiger partial charge in [-0.05, 0) is 60.9 Å². The van der Waals surface area contributed by atoms with Gasteiger partial charge in [-0.1, -0.05) is 13.8 Å². The lowest BCUT2D eigenvalue weighted by molar-refractivity contribution is -0.136. The van der Waals surface area contributed by atoms with Crippen molar-refractivity contribution >= 4 is 16.8 Å². The predicted octanol–water partition coefficient (Wildman–Crippen LogP) is 4.07. The van der Waals surface area contributed by atoms with E-state index in [9.17, 15) is 9.59 Å². The monoisotopic (exact) mass is 450 g/mol. The second-order valence-electron chi connectivity index (χ2n) is 8.48. The van der Waals surface area contributed by atoms with Gasteiger partial charge in [-0.25, -0.2) is 0 Å². The third-order valence-corrected chi connectivity index (χ3v) is 6.10. The summed E-state index contributed by atoms with van der Waals surface area (Å²) in [4.78, 5) is 31.3. The molecular weight excluding hydrogens is 420 g/mol. The molecule has 7 heteroatoms. The highest BCUT2D eigenvalue weighted by atomic mass is 16.5. The number of fused-ring (bicyclic) bond motifs is 2. The second kappa shape index (κ2) is 9.17. The molecule has 0 saturated carbocycles. The smallest absolute Gasteiger partial charge is 0.254 e. The van der Waals surface area contributed by atoms with E-state index in [4.69, 9.17) is 14.2 Å². The van der Waals surface area contributed by atoms with Crippen molar-refractivity contribution in [3.05, 3.63) is 63.4 Å². The summed E-state index contributed by atoms with van der Waals surface area (Å²) in [5.41, 5.74) is 2.92. The molecule has 2 heterocycles. The largest absolute Gasteiger partial charge is 0.494 e. The van der Waals surface area contributed by atoms with Crippen LogP contribution < -0.4 is 19.8 Å². The normalized spacial score (nSPS) is 15.5. The van der Waals surface area contributed by atoms with Gasteiger partial charge in [0.1, 0.15) is 5.75 Å². The van der Waals surface area contributed by atoms with Gasteiger partial charge in [0.15, 0.2) is 11.5 Å². The maximum Gasteiger partial charge on any atom is 0.254 e. The Hall–Kier alpha value is -3.48. The zero-order valence-corrected chi connectivity index (χ0v) is 19.7. The molecular formula is C26H30N2O5. The Balaban J connectivity index is 1.95. The standard InChI is InChI=1S/C26H30N2O5/c1-6-33-18-7-8-21-17(11-18)12-20(25(29)27-21)24-19-14-23(32-5)22(31-4)13-16(19)9-10-28(24)26(30)15(2)3/h7-8,11-15,24H,6,9-10H2,1-5H3,(H,27,29). The van der Waals surface area contributed by atoms with Gasteiger partial charge in [-0.2, -0.15) is 0 Å². The first-order chi connectivity index (χ1) is 15.9. The van der Waals surface area contributed by atoms with Crippen LogP contribution >= 0.6 is 0 Å². The predicted molar refractivity (Wildman–Crippen MR) is 127 cm³/mol. The number of aromatic nitrogens is 1. The van der Waals surface area contributed by atoms with Gasteiger partial charge in [-0.15, -0.1) is 0 Å². The maximum absolute atomic E-state index is 13.3. The van der Waals surface area contributed by atoms with Crippen LogP contribution in [0.15, 0.2) is 41.2 Å². The van der Waals surface area contributed by atoms with Gasteiger partial charge in [0.25, 0.3) is 5.56 Å². The minimum absolute atomic E-state index is 0.00278. The van der Waals surface area contributed by atoms with Crippen LogP contribution in [0, 0.1) is 5.92 Å². The van der Waals surface area contributed by atoms with Gasteiger partial charge >= 0.3 is 0 Å². The fourth-order valence-electron chi connectivity index (χ4n) is 4.51. The molecule has 0 spiro atoms. The maximum atomic E-state index is 13.3. The van der Waals surface area contributed by atoms with Crippen LogP contribution in [0.1, 0.15) is 43.5 Å². The average molecular weight is 451 g/mol. The average Bonchev–Trinajstić information content (AvgIpc) is 2.81. The van der Waals surface area contributed by atoms with Crippen molar-refractivity contribution in [1.29, 1.82) is 0 Å².